The summed E-state index contributed by atoms with van der Waals surface area (Å²) in [7, 11) is 3.64. The van der Waals surface area contributed by atoms with Crippen LogP contribution in [0.5, 0.6) is 5.75 Å². The zero-order valence-corrected chi connectivity index (χ0v) is 13.3. The molecule has 2 aromatic carbocycles. The smallest absolute Gasteiger partial charge is 0.126 e. The largest absolute Gasteiger partial charge is 0.496 e. The van der Waals surface area contributed by atoms with Crippen molar-refractivity contribution in [3.05, 3.63) is 53.1 Å². The van der Waals surface area contributed by atoms with Gasteiger partial charge in [-0.15, -0.1) is 0 Å². The van der Waals surface area contributed by atoms with Crippen LogP contribution in [0.15, 0.2) is 36.4 Å². The van der Waals surface area contributed by atoms with Crippen LogP contribution in [0.25, 0.3) is 0 Å². The second kappa shape index (κ2) is 6.19. The van der Waals surface area contributed by atoms with E-state index in [0.717, 1.165) is 16.9 Å². The molecule has 0 aliphatic rings. The minimum atomic E-state index is -0.593. The third kappa shape index (κ3) is 3.19. The second-order valence-corrected chi connectivity index (χ2v) is 5.47. The van der Waals surface area contributed by atoms with Gasteiger partial charge in [0.1, 0.15) is 5.75 Å². The Morgan fingerprint density at radius 3 is 2.24 bits per heavy atom. The molecule has 112 valence electrons. The molecule has 1 atom stereocenters. The lowest BCUT2D eigenvalue weighted by Crippen LogP contribution is -2.14. The summed E-state index contributed by atoms with van der Waals surface area (Å²) < 4.78 is 5.39. The topological polar surface area (TPSA) is 32.7 Å². The molecule has 0 aromatic heterocycles. The minimum Gasteiger partial charge on any atom is -0.496 e. The van der Waals surface area contributed by atoms with Crippen molar-refractivity contribution >= 4 is 11.4 Å². The first-order chi connectivity index (χ1) is 9.93. The summed E-state index contributed by atoms with van der Waals surface area (Å²) >= 11 is 0. The molecule has 1 N–H and O–H groups in total. The molecule has 0 heterocycles. The predicted molar refractivity (Wildman–Crippen MR) is 87.6 cm³/mol. The van der Waals surface area contributed by atoms with Crippen molar-refractivity contribution < 1.29 is 9.84 Å². The zero-order valence-electron chi connectivity index (χ0n) is 13.3. The van der Waals surface area contributed by atoms with E-state index in [1.165, 1.54) is 11.1 Å². The van der Waals surface area contributed by atoms with Crippen molar-refractivity contribution in [1.82, 2.24) is 0 Å². The highest BCUT2D eigenvalue weighted by Gasteiger charge is 2.17. The number of anilines is 2. The van der Waals surface area contributed by atoms with Crippen LogP contribution in [0.2, 0.25) is 0 Å². The Balaban J connectivity index is 2.55. The normalized spacial score (nSPS) is 12.1. The Kier molecular flexibility index (Phi) is 4.53. The van der Waals surface area contributed by atoms with E-state index >= 15 is 0 Å². The van der Waals surface area contributed by atoms with Crippen LogP contribution in [-0.2, 0) is 0 Å². The molecule has 0 saturated carbocycles. The van der Waals surface area contributed by atoms with Crippen molar-refractivity contribution in [3.63, 3.8) is 0 Å². The van der Waals surface area contributed by atoms with Crippen molar-refractivity contribution in [3.8, 4) is 5.75 Å². The van der Waals surface area contributed by atoms with E-state index in [2.05, 4.69) is 36.9 Å². The molecule has 0 fully saturated rings. The molecular formula is C18H23NO2. The van der Waals surface area contributed by atoms with Gasteiger partial charge in [-0.2, -0.15) is 0 Å². The molecule has 2 rings (SSSR count). The van der Waals surface area contributed by atoms with Crippen LogP contribution in [0.1, 0.15) is 29.7 Å². The number of hydrogen-bond acceptors (Lipinski definition) is 3. The van der Waals surface area contributed by atoms with Crippen molar-refractivity contribution in [2.75, 3.05) is 19.1 Å². The zero-order chi connectivity index (χ0) is 15.6. The van der Waals surface area contributed by atoms with Crippen LogP contribution in [0.3, 0.4) is 0 Å². The molecule has 0 unspecified atom stereocenters. The fourth-order valence-electron chi connectivity index (χ4n) is 2.71. The van der Waals surface area contributed by atoms with Gasteiger partial charge in [-0.3, -0.25) is 0 Å². The molecule has 0 spiro atoms. The van der Waals surface area contributed by atoms with Gasteiger partial charge in [-0.05, 0) is 56.2 Å². The third-order valence-corrected chi connectivity index (χ3v) is 3.64. The summed E-state index contributed by atoms with van der Waals surface area (Å²) in [5.41, 5.74) is 5.30. The summed E-state index contributed by atoms with van der Waals surface area (Å²) in [5.74, 6) is 0.707. The van der Waals surface area contributed by atoms with Crippen molar-refractivity contribution in [1.29, 1.82) is 0 Å². The maximum absolute atomic E-state index is 10.1. The summed E-state index contributed by atoms with van der Waals surface area (Å²) in [6, 6.07) is 12.2. The molecule has 0 aliphatic heterocycles. The molecule has 0 bridgehead atoms. The fourth-order valence-corrected chi connectivity index (χ4v) is 2.71. The summed E-state index contributed by atoms with van der Waals surface area (Å²) in [6.45, 7) is 5.94. The number of ether oxygens (including phenoxy) is 1. The molecule has 0 amide bonds. The van der Waals surface area contributed by atoms with Gasteiger partial charge in [-0.1, -0.05) is 12.1 Å². The first kappa shape index (κ1) is 15.4. The van der Waals surface area contributed by atoms with Crippen LogP contribution in [0, 0.1) is 13.8 Å². The number of methoxy groups -OCH3 is 1. The summed E-state index contributed by atoms with van der Waals surface area (Å²) in [6.07, 6.45) is -0.593. The number of aryl methyl sites for hydroxylation is 2. The lowest BCUT2D eigenvalue weighted by molar-refractivity contribution is 0.195. The van der Waals surface area contributed by atoms with E-state index in [1.807, 2.05) is 25.2 Å². The number of aliphatic hydroxyl groups excluding tert-OH is 1. The second-order valence-electron chi connectivity index (χ2n) is 5.47. The first-order valence-corrected chi connectivity index (χ1v) is 7.11. The Labute approximate surface area is 126 Å². The SMILES string of the molecule is COc1cccc(N(C)c2cc(C)cc(C)c2)c1[C@H](C)O. The van der Waals surface area contributed by atoms with E-state index in [9.17, 15) is 5.11 Å². The van der Waals surface area contributed by atoms with E-state index in [0.29, 0.717) is 5.75 Å². The van der Waals surface area contributed by atoms with Crippen LogP contribution >= 0.6 is 0 Å². The maximum atomic E-state index is 10.1. The average molecular weight is 285 g/mol. The Morgan fingerprint density at radius 1 is 1.10 bits per heavy atom. The monoisotopic (exact) mass is 285 g/mol. The lowest BCUT2D eigenvalue weighted by atomic mass is 10.0. The predicted octanol–water partition coefficient (Wildman–Crippen LogP) is 4.13. The molecule has 21 heavy (non-hydrogen) atoms. The van der Waals surface area contributed by atoms with Crippen molar-refractivity contribution in [2.24, 2.45) is 0 Å². The molecule has 0 radical (unpaired) electrons. The van der Waals surface area contributed by atoms with Gasteiger partial charge in [0.2, 0.25) is 0 Å². The van der Waals surface area contributed by atoms with E-state index in [1.54, 1.807) is 14.0 Å². The van der Waals surface area contributed by atoms with Crippen LogP contribution in [-0.4, -0.2) is 19.3 Å². The molecule has 0 aliphatic carbocycles. The standard InChI is InChI=1S/C18H23NO2/c1-12-9-13(2)11-15(10-12)19(4)16-7-6-8-17(21-5)18(16)14(3)20/h6-11,14,20H,1-5H3/t14-/m0/s1. The fraction of sp³-hybridized carbons (Fsp3) is 0.333. The van der Waals surface area contributed by atoms with Crippen molar-refractivity contribution in [2.45, 2.75) is 26.9 Å². The number of nitrogens with zero attached hydrogens (tertiary/aromatic N) is 1. The highest BCUT2D eigenvalue weighted by Crippen LogP contribution is 2.37. The maximum Gasteiger partial charge on any atom is 0.126 e. The van der Waals surface area contributed by atoms with Gasteiger partial charge in [0, 0.05) is 18.3 Å². The highest BCUT2D eigenvalue weighted by molar-refractivity contribution is 5.69. The molecule has 3 heteroatoms. The first-order valence-electron chi connectivity index (χ1n) is 7.11. The van der Waals surface area contributed by atoms with E-state index < -0.39 is 6.10 Å². The van der Waals surface area contributed by atoms with Gasteiger partial charge < -0.3 is 14.7 Å². The van der Waals surface area contributed by atoms with Gasteiger partial charge in [0.05, 0.1) is 18.9 Å². The number of benzene rings is 2. The van der Waals surface area contributed by atoms with Gasteiger partial charge in [0.15, 0.2) is 0 Å². The minimum absolute atomic E-state index is 0.593. The van der Waals surface area contributed by atoms with Crippen LogP contribution < -0.4 is 9.64 Å². The number of aliphatic hydroxyl groups is 1. The Hall–Kier alpha value is -2.00. The Morgan fingerprint density at radius 2 is 1.71 bits per heavy atom. The average Bonchev–Trinajstić information content (AvgIpc) is 2.44. The van der Waals surface area contributed by atoms with Gasteiger partial charge in [0.25, 0.3) is 0 Å². The number of hydrogen-bond donors (Lipinski definition) is 1. The quantitative estimate of drug-likeness (QED) is 0.916. The lowest BCUT2D eigenvalue weighted by Gasteiger charge is -2.26. The summed E-state index contributed by atoms with van der Waals surface area (Å²) in [4.78, 5) is 2.09. The molecular weight excluding hydrogens is 262 g/mol. The van der Waals surface area contributed by atoms with Crippen LogP contribution in [0.4, 0.5) is 11.4 Å². The third-order valence-electron chi connectivity index (χ3n) is 3.64. The molecule has 0 saturated heterocycles. The number of rotatable bonds is 4. The summed E-state index contributed by atoms with van der Waals surface area (Å²) in [5, 5.41) is 10.1. The molecule has 3 nitrogen and oxygen atoms in total. The van der Waals surface area contributed by atoms with Gasteiger partial charge in [-0.25, -0.2) is 0 Å². The molecule has 2 aromatic rings. The van der Waals surface area contributed by atoms with Gasteiger partial charge >= 0.3 is 0 Å². The van der Waals surface area contributed by atoms with E-state index in [4.69, 9.17) is 4.74 Å². The highest BCUT2D eigenvalue weighted by atomic mass is 16.5. The Bertz CT molecular complexity index is 615. The van der Waals surface area contributed by atoms with E-state index in [-0.39, 0.29) is 0 Å².